The van der Waals surface area contributed by atoms with Crippen LogP contribution >= 0.6 is 7.60 Å². The van der Waals surface area contributed by atoms with Crippen LogP contribution in [0, 0.1) is 5.92 Å². The number of methoxy groups -OCH3 is 1. The van der Waals surface area contributed by atoms with Gasteiger partial charge < -0.3 is 18.2 Å². The average Bonchev–Trinajstić information content (AvgIpc) is 3.05. The Morgan fingerprint density at radius 2 is 1.79 bits per heavy atom. The van der Waals surface area contributed by atoms with Crippen LogP contribution in [0.25, 0.3) is 0 Å². The maximum Gasteiger partial charge on any atom is 0.373 e. The Balaban J connectivity index is 2.46. The zero-order chi connectivity index (χ0) is 20.7. The van der Waals surface area contributed by atoms with E-state index in [9.17, 15) is 9.36 Å². The minimum Gasteiger partial charge on any atom is -0.463 e. The molecule has 1 fully saturated rings. The van der Waals surface area contributed by atoms with Gasteiger partial charge in [-0.3, -0.25) is 9.46 Å². The zero-order valence-corrected chi connectivity index (χ0v) is 18.6. The number of rotatable bonds is 10. The van der Waals surface area contributed by atoms with Crippen LogP contribution in [-0.2, 0) is 24.5 Å². The summed E-state index contributed by atoms with van der Waals surface area (Å²) in [4.78, 5) is 14.5. The monoisotopic (exact) mass is 415 g/mol. The molecule has 2 heterocycles. The van der Waals surface area contributed by atoms with Crippen LogP contribution in [0.2, 0.25) is 0 Å². The molecule has 2 rings (SSSR count). The number of hydrogen-bond donors (Lipinski definition) is 0. The van der Waals surface area contributed by atoms with Gasteiger partial charge in [-0.2, -0.15) is 0 Å². The number of carbonyl (C=O) groups is 1. The molecule has 8 heteroatoms. The van der Waals surface area contributed by atoms with E-state index in [1.807, 2.05) is 0 Å². The molecule has 0 bridgehead atoms. The molecule has 0 saturated carbocycles. The summed E-state index contributed by atoms with van der Waals surface area (Å²) in [6.45, 7) is 10.4. The molecule has 0 aliphatic carbocycles. The first-order valence-electron chi connectivity index (χ1n) is 10.2. The van der Waals surface area contributed by atoms with E-state index in [0.29, 0.717) is 11.3 Å². The standard InChI is InChI=1S/C20H34NO6P/c1-6-25-28(23,26-7-2)14-16-13-17(20(22)24-5)27-19(16)18(15(3)4)21-11-9-8-10-12-21/h13,15,18H,6-12,14H2,1-5H3. The second-order valence-electron chi connectivity index (χ2n) is 7.38. The number of esters is 1. The van der Waals surface area contributed by atoms with Crippen molar-refractivity contribution >= 4 is 13.6 Å². The molecule has 0 N–H and O–H groups in total. The van der Waals surface area contributed by atoms with Crippen LogP contribution in [0.1, 0.15) is 74.9 Å². The fraction of sp³-hybridized carbons (Fsp3) is 0.750. The number of likely N-dealkylation sites (tertiary alicyclic amines) is 1. The van der Waals surface area contributed by atoms with Crippen molar-refractivity contribution in [3.8, 4) is 0 Å². The third-order valence-electron chi connectivity index (χ3n) is 4.93. The highest BCUT2D eigenvalue weighted by molar-refractivity contribution is 7.53. The highest BCUT2D eigenvalue weighted by atomic mass is 31.2. The fourth-order valence-corrected chi connectivity index (χ4v) is 5.54. The predicted octanol–water partition coefficient (Wildman–Crippen LogP) is 5.02. The van der Waals surface area contributed by atoms with E-state index >= 15 is 0 Å². The molecule has 1 saturated heterocycles. The van der Waals surface area contributed by atoms with Gasteiger partial charge in [0.1, 0.15) is 5.76 Å². The third kappa shape index (κ3) is 5.69. The molecule has 1 unspecified atom stereocenters. The predicted molar refractivity (Wildman–Crippen MR) is 108 cm³/mol. The van der Waals surface area contributed by atoms with Crippen molar-refractivity contribution < 1.29 is 27.6 Å². The van der Waals surface area contributed by atoms with Crippen molar-refractivity contribution in [2.45, 2.75) is 59.2 Å². The van der Waals surface area contributed by atoms with E-state index in [1.165, 1.54) is 13.5 Å². The van der Waals surface area contributed by atoms with E-state index < -0.39 is 13.6 Å². The number of furan rings is 1. The second-order valence-corrected chi connectivity index (χ2v) is 9.44. The highest BCUT2D eigenvalue weighted by Crippen LogP contribution is 2.53. The lowest BCUT2D eigenvalue weighted by Gasteiger charge is -2.36. The van der Waals surface area contributed by atoms with E-state index in [4.69, 9.17) is 18.2 Å². The van der Waals surface area contributed by atoms with Gasteiger partial charge >= 0.3 is 13.6 Å². The van der Waals surface area contributed by atoms with Crippen LogP contribution in [0.5, 0.6) is 0 Å². The second kappa shape index (κ2) is 10.6. The number of carbonyl (C=O) groups excluding carboxylic acids is 1. The van der Waals surface area contributed by atoms with Crippen LogP contribution in [0.3, 0.4) is 0 Å². The Kier molecular flexibility index (Phi) is 8.75. The normalized spacial score (nSPS) is 17.1. The topological polar surface area (TPSA) is 78.2 Å². The maximum atomic E-state index is 13.1. The van der Waals surface area contributed by atoms with Crippen molar-refractivity contribution in [3.05, 3.63) is 23.2 Å². The number of ether oxygens (including phenoxy) is 1. The van der Waals surface area contributed by atoms with Gasteiger partial charge in [0.25, 0.3) is 0 Å². The van der Waals surface area contributed by atoms with Crippen molar-refractivity contribution in [1.82, 2.24) is 4.90 Å². The molecule has 0 radical (unpaired) electrons. The van der Waals surface area contributed by atoms with Gasteiger partial charge in [-0.25, -0.2) is 4.79 Å². The largest absolute Gasteiger partial charge is 0.463 e. The van der Waals surface area contributed by atoms with Gasteiger partial charge in [0.05, 0.1) is 32.5 Å². The first-order valence-corrected chi connectivity index (χ1v) is 11.9. The van der Waals surface area contributed by atoms with Crippen LogP contribution in [0.15, 0.2) is 10.5 Å². The molecule has 28 heavy (non-hydrogen) atoms. The molecule has 1 aromatic heterocycles. The summed E-state index contributed by atoms with van der Waals surface area (Å²) in [7, 11) is -2.01. The van der Waals surface area contributed by atoms with Gasteiger partial charge in [0.2, 0.25) is 5.76 Å². The fourth-order valence-electron chi connectivity index (χ4n) is 3.84. The van der Waals surface area contributed by atoms with Crippen LogP contribution < -0.4 is 0 Å². The Morgan fingerprint density at radius 3 is 2.29 bits per heavy atom. The Hall–Kier alpha value is -1.14. The van der Waals surface area contributed by atoms with Crippen molar-refractivity contribution in [2.75, 3.05) is 33.4 Å². The summed E-state index contributed by atoms with van der Waals surface area (Å²) >= 11 is 0. The van der Waals surface area contributed by atoms with E-state index in [2.05, 4.69) is 18.7 Å². The van der Waals surface area contributed by atoms with Crippen molar-refractivity contribution in [2.24, 2.45) is 5.92 Å². The number of piperidine rings is 1. The van der Waals surface area contributed by atoms with Crippen molar-refractivity contribution in [3.63, 3.8) is 0 Å². The molecular weight excluding hydrogens is 381 g/mol. The smallest absolute Gasteiger partial charge is 0.373 e. The van der Waals surface area contributed by atoms with E-state index in [-0.39, 0.29) is 37.1 Å². The summed E-state index contributed by atoms with van der Waals surface area (Å²) in [5.74, 6) is 0.495. The summed E-state index contributed by atoms with van der Waals surface area (Å²) in [5, 5.41) is 0. The minimum atomic E-state index is -3.33. The first kappa shape index (κ1) is 23.1. The SMILES string of the molecule is CCOP(=O)(Cc1cc(C(=O)OC)oc1C(C(C)C)N1CCCCC1)OCC. The Labute approximate surface area is 168 Å². The molecule has 0 aromatic carbocycles. The van der Waals surface area contributed by atoms with E-state index in [0.717, 1.165) is 25.9 Å². The molecule has 160 valence electrons. The van der Waals surface area contributed by atoms with Gasteiger partial charge in [-0.05, 0) is 51.8 Å². The highest BCUT2D eigenvalue weighted by Gasteiger charge is 2.35. The van der Waals surface area contributed by atoms with Crippen LogP contribution in [-0.4, -0.2) is 44.3 Å². The van der Waals surface area contributed by atoms with E-state index in [1.54, 1.807) is 19.9 Å². The summed E-state index contributed by atoms with van der Waals surface area (Å²) in [6.07, 6.45) is 3.57. The van der Waals surface area contributed by atoms with Gasteiger partial charge in [-0.15, -0.1) is 0 Å². The molecular formula is C20H34NO6P. The Morgan fingerprint density at radius 1 is 1.18 bits per heavy atom. The molecule has 1 aliphatic heterocycles. The molecule has 0 amide bonds. The van der Waals surface area contributed by atoms with Gasteiger partial charge in [-0.1, -0.05) is 20.3 Å². The lowest BCUT2D eigenvalue weighted by molar-refractivity contribution is 0.0550. The number of hydrogen-bond acceptors (Lipinski definition) is 7. The first-order chi connectivity index (χ1) is 13.3. The quantitative estimate of drug-likeness (QED) is 0.392. The molecule has 1 aliphatic rings. The minimum absolute atomic E-state index is 0.00888. The molecule has 0 spiro atoms. The zero-order valence-electron chi connectivity index (χ0n) is 17.7. The van der Waals surface area contributed by atoms with Gasteiger partial charge in [0.15, 0.2) is 0 Å². The third-order valence-corrected chi connectivity index (χ3v) is 6.96. The van der Waals surface area contributed by atoms with Crippen molar-refractivity contribution in [1.29, 1.82) is 0 Å². The molecule has 1 atom stereocenters. The average molecular weight is 415 g/mol. The lowest BCUT2D eigenvalue weighted by atomic mass is 9.95. The summed E-state index contributed by atoms with van der Waals surface area (Å²) in [6, 6.07) is 1.62. The Bertz CT molecular complexity index is 670. The van der Waals surface area contributed by atoms with Gasteiger partial charge in [0, 0.05) is 5.56 Å². The summed E-state index contributed by atoms with van der Waals surface area (Å²) in [5.41, 5.74) is 0.690. The molecule has 7 nitrogen and oxygen atoms in total. The number of nitrogens with zero attached hydrogens (tertiary/aromatic N) is 1. The summed E-state index contributed by atoms with van der Waals surface area (Å²) < 4.78 is 34.9. The maximum absolute atomic E-state index is 13.1. The van der Waals surface area contributed by atoms with Crippen LogP contribution in [0.4, 0.5) is 0 Å². The molecule has 1 aromatic rings. The lowest BCUT2D eigenvalue weighted by Crippen LogP contribution is -2.36.